The van der Waals surface area contributed by atoms with Crippen LogP contribution < -0.4 is 0 Å². The molecule has 23 heavy (non-hydrogen) atoms. The summed E-state index contributed by atoms with van der Waals surface area (Å²) in [5.74, 6) is 0. The minimum absolute atomic E-state index is 0. The second kappa shape index (κ2) is 126. The molecule has 0 aliphatic heterocycles. The molecule has 0 fully saturated rings. The van der Waals surface area contributed by atoms with Crippen molar-refractivity contribution in [2.24, 2.45) is 0 Å². The molecule has 0 unspecified atom stereocenters. The Morgan fingerprint density at radius 2 is 0.478 bits per heavy atom. The molecule has 0 bridgehead atoms. The van der Waals surface area contributed by atoms with Crippen molar-refractivity contribution >= 4 is 51.4 Å². The molecule has 0 atom stereocenters. The summed E-state index contributed by atoms with van der Waals surface area (Å²) in [7, 11) is 0. The summed E-state index contributed by atoms with van der Waals surface area (Å²) in [5, 5.41) is 40.9. The monoisotopic (exact) mass is 447 g/mol. The number of hydrogen-bond donors (Lipinski definition) is 3. The molecule has 21 nitrogen and oxygen atoms in total. The van der Waals surface area contributed by atoms with E-state index in [-0.39, 0.29) is 118 Å². The summed E-state index contributed by atoms with van der Waals surface area (Å²) in [6.45, 7) is 0. The van der Waals surface area contributed by atoms with Gasteiger partial charge in [0.2, 0.25) is 0 Å². The zero-order valence-electron chi connectivity index (χ0n) is 9.99. The van der Waals surface area contributed by atoms with Crippen LogP contribution in [-0.4, -0.2) is 132 Å². The molecule has 0 aliphatic carbocycles. The fourth-order valence-corrected chi connectivity index (χ4v) is 0. The Labute approximate surface area is 177 Å². The quantitative estimate of drug-likeness (QED) is 0.180. The van der Waals surface area contributed by atoms with Gasteiger partial charge in [0, 0.05) is 17.1 Å². The van der Waals surface area contributed by atoms with Crippen molar-refractivity contribution in [2.45, 2.75) is 0 Å². The topological polar surface area (TPSA) is 474 Å². The van der Waals surface area contributed by atoms with Crippen molar-refractivity contribution in [3.05, 3.63) is 30.3 Å². The van der Waals surface area contributed by atoms with E-state index in [0.29, 0.717) is 0 Å². The third kappa shape index (κ3) is 22100. The fraction of sp³-hybridized carbons (Fsp3) is 0. The first-order valence-electron chi connectivity index (χ1n) is 1.70. The van der Waals surface area contributed by atoms with E-state index in [1.165, 1.54) is 0 Å². The molecule has 154 valence electrons. The van der Waals surface area contributed by atoms with Gasteiger partial charge in [0.15, 0.2) is 0 Å². The van der Waals surface area contributed by atoms with Gasteiger partial charge in [-0.2, -0.15) is 0 Å². The van der Waals surface area contributed by atoms with Gasteiger partial charge in [-0.05, 0) is 0 Å². The van der Waals surface area contributed by atoms with Crippen molar-refractivity contribution in [3.8, 4) is 0 Å². The molecule has 0 aromatic carbocycles. The summed E-state index contributed by atoms with van der Waals surface area (Å²) in [5.41, 5.74) is 0. The molecule has 0 aromatic heterocycles. The van der Waals surface area contributed by atoms with Gasteiger partial charge in [-0.1, -0.05) is 0 Å². The van der Waals surface area contributed by atoms with E-state index in [4.69, 9.17) is 46.0 Å². The number of rotatable bonds is 0. The van der Waals surface area contributed by atoms with Crippen LogP contribution in [0.25, 0.3) is 0 Å². The average molecular weight is 447 g/mol. The third-order valence-corrected chi connectivity index (χ3v) is 0. The normalized spacial score (nSPS) is 3.13. The van der Waals surface area contributed by atoms with Gasteiger partial charge in [0.1, 0.15) is 0 Å². The SMILES string of the molecule is O.O.O.O.O.O.O.O.O.O=[N+]([O-])O.O=[N+]([O-])O.O=[N+]([O-])O.[Fe].[KH]. The van der Waals surface area contributed by atoms with Gasteiger partial charge in [-0.3, -0.25) is 0 Å². The first-order chi connectivity index (χ1) is 5.20. The maximum absolute atomic E-state index is 8.36. The van der Waals surface area contributed by atoms with Crippen molar-refractivity contribution < 1.29 is 97.2 Å². The van der Waals surface area contributed by atoms with E-state index in [1.807, 2.05) is 0 Å². The summed E-state index contributed by atoms with van der Waals surface area (Å²) < 4.78 is 0. The third-order valence-electron chi connectivity index (χ3n) is 0. The molecule has 0 radical (unpaired) electrons. The molecule has 0 spiro atoms. The molecule has 0 aromatic rings. The van der Waals surface area contributed by atoms with Gasteiger partial charge in [0.25, 0.3) is 15.3 Å². The van der Waals surface area contributed by atoms with Crippen LogP contribution in [0.1, 0.15) is 0 Å². The Hall–Kier alpha value is -0.604. The van der Waals surface area contributed by atoms with Crippen molar-refractivity contribution in [2.75, 3.05) is 0 Å². The molecule has 0 saturated carbocycles. The van der Waals surface area contributed by atoms with E-state index < -0.39 is 15.3 Å². The van der Waals surface area contributed by atoms with E-state index in [1.54, 1.807) is 0 Å². The maximum atomic E-state index is 8.36. The zero-order chi connectivity index (χ0) is 10.7. The molecule has 0 rings (SSSR count). The minimum atomic E-state index is -1.50. The van der Waals surface area contributed by atoms with E-state index in [2.05, 4.69) is 0 Å². The first-order valence-corrected chi connectivity index (χ1v) is 1.70. The van der Waals surface area contributed by atoms with Gasteiger partial charge in [0.05, 0.1) is 0 Å². The van der Waals surface area contributed by atoms with Crippen molar-refractivity contribution in [1.29, 1.82) is 0 Å². The van der Waals surface area contributed by atoms with E-state index in [9.17, 15) is 0 Å². The van der Waals surface area contributed by atoms with E-state index in [0.717, 1.165) is 0 Å². The number of nitrogens with zero attached hydrogens (tertiary/aromatic N) is 3. The average Bonchev–Trinajstić information content (AvgIpc) is 1.54. The van der Waals surface area contributed by atoms with Crippen LogP contribution in [0.3, 0.4) is 0 Å². The Morgan fingerprint density at radius 3 is 0.478 bits per heavy atom. The van der Waals surface area contributed by atoms with Crippen LogP contribution in [0.5, 0.6) is 0 Å². The van der Waals surface area contributed by atoms with Crippen LogP contribution in [-0.2, 0) is 17.1 Å². The van der Waals surface area contributed by atoms with Gasteiger partial charge in [-0.25, -0.2) is 0 Å². The Morgan fingerprint density at radius 1 is 0.478 bits per heavy atom. The van der Waals surface area contributed by atoms with Crippen LogP contribution in [0.2, 0.25) is 0 Å². The Kier molecular flexibility index (Phi) is 798. The van der Waals surface area contributed by atoms with Crippen molar-refractivity contribution in [1.82, 2.24) is 0 Å². The van der Waals surface area contributed by atoms with Gasteiger partial charge >= 0.3 is 51.4 Å². The summed E-state index contributed by atoms with van der Waals surface area (Å²) in [6.07, 6.45) is 0. The molecule has 0 heterocycles. The second-order valence-electron chi connectivity index (χ2n) is 0.714. The van der Waals surface area contributed by atoms with Crippen LogP contribution >= 0.6 is 0 Å². The first kappa shape index (κ1) is 145. The molecule has 0 aliphatic rings. The molecule has 21 N–H and O–H groups in total. The fourth-order valence-electron chi connectivity index (χ4n) is 0. The van der Waals surface area contributed by atoms with Crippen molar-refractivity contribution in [3.63, 3.8) is 0 Å². The van der Waals surface area contributed by atoms with E-state index >= 15 is 0 Å². The van der Waals surface area contributed by atoms with Gasteiger partial charge < -0.3 is 64.9 Å². The second-order valence-corrected chi connectivity index (χ2v) is 0.714. The summed E-state index contributed by atoms with van der Waals surface area (Å²) in [4.78, 5) is 25.1. The predicted octanol–water partition coefficient (Wildman–Crippen LogP) is -9.12. The van der Waals surface area contributed by atoms with Crippen LogP contribution in [0.4, 0.5) is 0 Å². The summed E-state index contributed by atoms with van der Waals surface area (Å²) in [6, 6.07) is 0. The summed E-state index contributed by atoms with van der Waals surface area (Å²) >= 11 is 0. The van der Waals surface area contributed by atoms with Crippen LogP contribution in [0, 0.1) is 30.3 Å². The molecule has 0 amide bonds. The Bertz CT molecular complexity index is 122. The molecule has 0 saturated heterocycles. The Balaban J connectivity index is -0.00000000355. The predicted molar refractivity (Wildman–Crippen MR) is 66.0 cm³/mol. The zero-order valence-corrected chi connectivity index (χ0v) is 11.1. The molecular weight excluding hydrogens is 425 g/mol. The molecular formula is H22FeKN3O18. The molecule has 23 heteroatoms. The standard InChI is InChI=1S/Fe.K.3HNO3.9H2O.H/c;;3*2-1(3)4;;;;;;;;;;/h;;3*(H,2,3,4);9*1H2;. The van der Waals surface area contributed by atoms with Crippen LogP contribution in [0.15, 0.2) is 0 Å². The van der Waals surface area contributed by atoms with Gasteiger partial charge in [-0.15, -0.1) is 30.3 Å². The number of hydrogen-bond acceptors (Lipinski definition) is 6.